The van der Waals surface area contributed by atoms with Gasteiger partial charge in [0.25, 0.3) is 6.47 Å². The number of carbonyl (C=O) groups is 3. The number of carbonyl (C=O) groups excluding carboxylic acids is 2. The molecule has 9 heteroatoms. The van der Waals surface area contributed by atoms with Crippen LogP contribution in [0.1, 0.15) is 24.0 Å². The SMILES string of the molecule is O=C(Cc1ccccc1F)N[C@@H]1C[C@H](C(=O)NCc2ccncc2)C[C@H]1O.O=CO. The van der Waals surface area contributed by atoms with Gasteiger partial charge in [0, 0.05) is 24.9 Å². The molecule has 1 aliphatic carbocycles. The maximum Gasteiger partial charge on any atom is 0.290 e. The lowest BCUT2D eigenvalue weighted by Gasteiger charge is -2.16. The van der Waals surface area contributed by atoms with Crippen molar-refractivity contribution in [2.24, 2.45) is 5.92 Å². The van der Waals surface area contributed by atoms with E-state index in [1.54, 1.807) is 30.6 Å². The highest BCUT2D eigenvalue weighted by atomic mass is 19.1. The largest absolute Gasteiger partial charge is 0.483 e. The summed E-state index contributed by atoms with van der Waals surface area (Å²) in [4.78, 5) is 36.8. The Morgan fingerprint density at radius 2 is 1.83 bits per heavy atom. The average molecular weight is 417 g/mol. The molecule has 0 aliphatic heterocycles. The molecule has 1 aromatic carbocycles. The molecule has 160 valence electrons. The number of halogens is 1. The van der Waals surface area contributed by atoms with E-state index in [0.717, 1.165) is 5.56 Å². The van der Waals surface area contributed by atoms with Crippen LogP contribution in [0, 0.1) is 11.7 Å². The molecule has 30 heavy (non-hydrogen) atoms. The number of aliphatic hydroxyl groups is 1. The van der Waals surface area contributed by atoms with Crippen molar-refractivity contribution in [3.05, 3.63) is 65.7 Å². The minimum absolute atomic E-state index is 0.102. The smallest absolute Gasteiger partial charge is 0.290 e. The lowest BCUT2D eigenvalue weighted by molar-refractivity contribution is -0.125. The molecule has 0 bridgehead atoms. The van der Waals surface area contributed by atoms with E-state index >= 15 is 0 Å². The Morgan fingerprint density at radius 1 is 1.17 bits per heavy atom. The van der Waals surface area contributed by atoms with Crippen LogP contribution in [0.4, 0.5) is 4.39 Å². The first kappa shape index (κ1) is 23.0. The zero-order chi connectivity index (χ0) is 21.9. The van der Waals surface area contributed by atoms with Crippen LogP contribution in [0.3, 0.4) is 0 Å². The van der Waals surface area contributed by atoms with Gasteiger partial charge in [-0.15, -0.1) is 0 Å². The van der Waals surface area contributed by atoms with Gasteiger partial charge in [0.1, 0.15) is 5.82 Å². The second-order valence-corrected chi connectivity index (χ2v) is 6.86. The maximum atomic E-state index is 13.6. The third-order valence-electron chi connectivity index (χ3n) is 4.77. The zero-order valence-electron chi connectivity index (χ0n) is 16.2. The van der Waals surface area contributed by atoms with Crippen LogP contribution in [0.25, 0.3) is 0 Å². The Bertz CT molecular complexity index is 850. The lowest BCUT2D eigenvalue weighted by atomic mass is 10.1. The Morgan fingerprint density at radius 3 is 2.50 bits per heavy atom. The van der Waals surface area contributed by atoms with Crippen LogP contribution in [-0.2, 0) is 27.3 Å². The number of aliphatic hydroxyl groups excluding tert-OH is 1. The second-order valence-electron chi connectivity index (χ2n) is 6.86. The number of hydrogen-bond donors (Lipinski definition) is 4. The average Bonchev–Trinajstić information content (AvgIpc) is 3.09. The molecule has 1 saturated carbocycles. The summed E-state index contributed by atoms with van der Waals surface area (Å²) in [5, 5.41) is 22.6. The number of benzene rings is 1. The van der Waals surface area contributed by atoms with Gasteiger partial charge in [0.2, 0.25) is 11.8 Å². The van der Waals surface area contributed by atoms with E-state index < -0.39 is 18.0 Å². The lowest BCUT2D eigenvalue weighted by Crippen LogP contribution is -2.41. The zero-order valence-corrected chi connectivity index (χ0v) is 16.2. The summed E-state index contributed by atoms with van der Waals surface area (Å²) in [6.45, 7) is 0.137. The van der Waals surface area contributed by atoms with Crippen LogP contribution in [-0.4, -0.2) is 45.6 Å². The monoisotopic (exact) mass is 417 g/mol. The van der Waals surface area contributed by atoms with E-state index in [0.29, 0.717) is 18.5 Å². The van der Waals surface area contributed by atoms with E-state index in [-0.39, 0.29) is 37.0 Å². The summed E-state index contributed by atoms with van der Waals surface area (Å²) < 4.78 is 13.6. The van der Waals surface area contributed by atoms with Crippen LogP contribution >= 0.6 is 0 Å². The summed E-state index contributed by atoms with van der Waals surface area (Å²) in [7, 11) is 0. The van der Waals surface area contributed by atoms with Crippen molar-refractivity contribution in [2.45, 2.75) is 38.0 Å². The molecule has 1 aromatic heterocycles. The van der Waals surface area contributed by atoms with E-state index in [9.17, 15) is 19.1 Å². The summed E-state index contributed by atoms with van der Waals surface area (Å²) >= 11 is 0. The highest BCUT2D eigenvalue weighted by Crippen LogP contribution is 2.26. The van der Waals surface area contributed by atoms with Crippen molar-refractivity contribution < 1.29 is 29.0 Å². The first-order valence-corrected chi connectivity index (χ1v) is 9.39. The normalized spacial score (nSPS) is 19.9. The molecule has 2 amide bonds. The fraction of sp³-hybridized carbons (Fsp3) is 0.333. The predicted octanol–water partition coefficient (Wildman–Crippen LogP) is 1.04. The number of amides is 2. The first-order chi connectivity index (χ1) is 14.4. The molecule has 0 unspecified atom stereocenters. The van der Waals surface area contributed by atoms with Crippen LogP contribution in [0.15, 0.2) is 48.8 Å². The predicted molar refractivity (Wildman–Crippen MR) is 106 cm³/mol. The number of aromatic nitrogens is 1. The van der Waals surface area contributed by atoms with Crippen LogP contribution in [0.5, 0.6) is 0 Å². The van der Waals surface area contributed by atoms with Crippen molar-refractivity contribution in [3.63, 3.8) is 0 Å². The summed E-state index contributed by atoms with van der Waals surface area (Å²) in [6, 6.07) is 9.20. The molecule has 0 radical (unpaired) electrons. The summed E-state index contributed by atoms with van der Waals surface area (Å²) in [5.41, 5.74) is 1.24. The van der Waals surface area contributed by atoms with Gasteiger partial charge in [0.15, 0.2) is 0 Å². The van der Waals surface area contributed by atoms with Crippen LogP contribution in [0.2, 0.25) is 0 Å². The minimum atomic E-state index is -0.800. The van der Waals surface area contributed by atoms with Crippen molar-refractivity contribution in [3.8, 4) is 0 Å². The van der Waals surface area contributed by atoms with Gasteiger partial charge in [-0.3, -0.25) is 19.4 Å². The molecular formula is C21H24FN3O5. The number of carboxylic acid groups (broad SMARTS) is 1. The van der Waals surface area contributed by atoms with E-state index in [1.807, 2.05) is 12.1 Å². The van der Waals surface area contributed by atoms with Crippen molar-refractivity contribution in [2.75, 3.05) is 0 Å². The third kappa shape index (κ3) is 6.93. The Hall–Kier alpha value is -3.33. The number of nitrogens with zero attached hydrogens (tertiary/aromatic N) is 1. The van der Waals surface area contributed by atoms with E-state index in [2.05, 4.69) is 15.6 Å². The fourth-order valence-corrected chi connectivity index (χ4v) is 3.29. The van der Waals surface area contributed by atoms with Gasteiger partial charge in [-0.2, -0.15) is 0 Å². The minimum Gasteiger partial charge on any atom is -0.483 e. The second kappa shape index (κ2) is 11.6. The summed E-state index contributed by atoms with van der Waals surface area (Å²) in [6.07, 6.45) is 3.05. The Balaban J connectivity index is 0.00000101. The maximum absolute atomic E-state index is 13.6. The fourth-order valence-electron chi connectivity index (χ4n) is 3.29. The number of hydrogen-bond acceptors (Lipinski definition) is 5. The van der Waals surface area contributed by atoms with E-state index in [1.165, 1.54) is 6.07 Å². The molecule has 0 spiro atoms. The molecule has 0 saturated heterocycles. The molecule has 1 aliphatic rings. The molecule has 1 fully saturated rings. The van der Waals surface area contributed by atoms with E-state index in [4.69, 9.17) is 9.90 Å². The Kier molecular flexibility index (Phi) is 8.89. The quantitative estimate of drug-likeness (QED) is 0.520. The van der Waals surface area contributed by atoms with Gasteiger partial charge in [-0.05, 0) is 42.2 Å². The first-order valence-electron chi connectivity index (χ1n) is 9.39. The number of nitrogens with one attached hydrogen (secondary N) is 2. The molecule has 1 heterocycles. The van der Waals surface area contributed by atoms with Gasteiger partial charge in [-0.25, -0.2) is 4.39 Å². The van der Waals surface area contributed by atoms with Crippen molar-refractivity contribution >= 4 is 18.3 Å². The van der Waals surface area contributed by atoms with Gasteiger partial charge < -0.3 is 20.8 Å². The number of rotatable bonds is 6. The van der Waals surface area contributed by atoms with Gasteiger partial charge in [0.05, 0.1) is 18.6 Å². The molecule has 3 rings (SSSR count). The Labute approximate surface area is 173 Å². The third-order valence-corrected chi connectivity index (χ3v) is 4.77. The standard InChI is InChI=1S/C20H22FN3O3.CH2O2/c21-16-4-2-1-3-14(16)11-19(26)24-17-9-15(10-18(17)25)20(27)23-12-13-5-7-22-8-6-13;2-1-3/h1-8,15,17-18,25H,9-12H2,(H,23,27)(H,24,26);1H,(H,2,3)/t15-,17+,18+;/m0./s1. The molecule has 2 aromatic rings. The van der Waals surface area contributed by atoms with Gasteiger partial charge >= 0.3 is 0 Å². The highest BCUT2D eigenvalue weighted by molar-refractivity contribution is 5.81. The molecular weight excluding hydrogens is 393 g/mol. The van der Waals surface area contributed by atoms with Crippen LogP contribution < -0.4 is 10.6 Å². The van der Waals surface area contributed by atoms with Gasteiger partial charge in [-0.1, -0.05) is 18.2 Å². The summed E-state index contributed by atoms with van der Waals surface area (Å²) in [5.74, 6) is -1.34. The topological polar surface area (TPSA) is 129 Å². The van der Waals surface area contributed by atoms with Crippen molar-refractivity contribution in [1.29, 1.82) is 0 Å². The molecule has 3 atom stereocenters. The number of pyridine rings is 1. The highest BCUT2D eigenvalue weighted by Gasteiger charge is 2.37. The molecule has 8 nitrogen and oxygen atoms in total. The molecule has 4 N–H and O–H groups in total. The van der Waals surface area contributed by atoms with Crippen molar-refractivity contribution in [1.82, 2.24) is 15.6 Å².